The highest BCUT2D eigenvalue weighted by molar-refractivity contribution is 6.30. The van der Waals surface area contributed by atoms with Gasteiger partial charge in [0.2, 0.25) is 0 Å². The molecule has 0 atom stereocenters. The Kier molecular flexibility index (Phi) is 5.90. The molecule has 2 aromatic carbocycles. The zero-order valence-corrected chi connectivity index (χ0v) is 15.7. The molecule has 3 rings (SSSR count). The highest BCUT2D eigenvalue weighted by Gasteiger charge is 2.13. The molecule has 9 heteroatoms. The summed E-state index contributed by atoms with van der Waals surface area (Å²) in [6.07, 6.45) is 0.404. The minimum absolute atomic E-state index is 0.178. The highest BCUT2D eigenvalue weighted by Crippen LogP contribution is 2.18. The van der Waals surface area contributed by atoms with Gasteiger partial charge in [0.25, 0.3) is 5.89 Å². The van der Waals surface area contributed by atoms with Crippen molar-refractivity contribution >= 4 is 29.3 Å². The molecule has 0 aliphatic rings. The van der Waals surface area contributed by atoms with E-state index >= 15 is 0 Å². The number of hydrogen-bond donors (Lipinski definition) is 2. The van der Waals surface area contributed by atoms with Crippen LogP contribution in [0, 0.1) is 0 Å². The van der Waals surface area contributed by atoms with Crippen molar-refractivity contribution in [3.8, 4) is 11.5 Å². The van der Waals surface area contributed by atoms with Crippen molar-refractivity contribution in [1.82, 2.24) is 15.0 Å². The molecule has 0 radical (unpaired) electrons. The van der Waals surface area contributed by atoms with Crippen molar-refractivity contribution in [2.24, 2.45) is 0 Å². The first-order valence-corrected chi connectivity index (χ1v) is 8.74. The Morgan fingerprint density at radius 2 is 1.82 bits per heavy atom. The number of carbonyl (C=O) groups excluding carboxylic acids is 1. The number of benzene rings is 2. The molecule has 0 unspecified atom stereocenters. The minimum atomic E-state index is -1.00. The normalized spacial score (nSPS) is 10.5. The molecule has 3 aromatic rings. The maximum Gasteiger partial charge on any atom is 0.335 e. The Morgan fingerprint density at radius 3 is 2.46 bits per heavy atom. The molecule has 1 heterocycles. The molecule has 0 aliphatic heterocycles. The second-order valence-corrected chi connectivity index (χ2v) is 6.44. The third-order valence-corrected chi connectivity index (χ3v) is 4.21. The second kappa shape index (κ2) is 8.53. The molecule has 0 fully saturated rings. The third-order valence-electron chi connectivity index (χ3n) is 3.96. The van der Waals surface area contributed by atoms with Crippen LogP contribution in [0.25, 0.3) is 11.5 Å². The summed E-state index contributed by atoms with van der Waals surface area (Å²) in [4.78, 5) is 28.9. The number of likely N-dealkylation sites (N-methyl/N-ethyl adjacent to an activating group) is 1. The zero-order chi connectivity index (χ0) is 20.1. The van der Waals surface area contributed by atoms with Gasteiger partial charge in [-0.05, 0) is 48.5 Å². The number of nitrogens with zero attached hydrogens (tertiary/aromatic N) is 3. The summed E-state index contributed by atoms with van der Waals surface area (Å²) in [6.45, 7) is 0.385. The SMILES string of the molecule is CN(CCc1noc(-c2ccc(C(=O)O)cc2)n1)C(=O)Nc1ccc(Cl)cc1. The molecule has 8 nitrogen and oxygen atoms in total. The Balaban J connectivity index is 1.55. The molecule has 0 bridgehead atoms. The molecule has 2 amide bonds. The Labute approximate surface area is 165 Å². The van der Waals surface area contributed by atoms with Crippen LogP contribution in [0.4, 0.5) is 10.5 Å². The number of carbonyl (C=O) groups is 2. The number of hydrogen-bond acceptors (Lipinski definition) is 5. The average Bonchev–Trinajstić information content (AvgIpc) is 3.17. The maximum absolute atomic E-state index is 12.2. The number of aromatic nitrogens is 2. The first-order valence-electron chi connectivity index (χ1n) is 8.36. The van der Waals surface area contributed by atoms with E-state index in [1.54, 1.807) is 43.4 Å². The number of carboxylic acids is 1. The molecular weight excluding hydrogens is 384 g/mol. The summed E-state index contributed by atoms with van der Waals surface area (Å²) >= 11 is 5.82. The number of carboxylic acid groups (broad SMARTS) is 1. The largest absolute Gasteiger partial charge is 0.478 e. The number of nitrogens with one attached hydrogen (secondary N) is 1. The first-order chi connectivity index (χ1) is 13.4. The van der Waals surface area contributed by atoms with E-state index in [0.717, 1.165) is 0 Å². The van der Waals surface area contributed by atoms with Crippen LogP contribution < -0.4 is 5.32 Å². The summed E-state index contributed by atoms with van der Waals surface area (Å²) in [6, 6.07) is 12.7. The van der Waals surface area contributed by atoms with E-state index in [0.29, 0.717) is 41.0 Å². The van der Waals surface area contributed by atoms with Gasteiger partial charge in [-0.1, -0.05) is 16.8 Å². The highest BCUT2D eigenvalue weighted by atomic mass is 35.5. The van der Waals surface area contributed by atoms with Crippen LogP contribution in [-0.4, -0.2) is 45.7 Å². The van der Waals surface area contributed by atoms with Crippen LogP contribution in [0.2, 0.25) is 5.02 Å². The van der Waals surface area contributed by atoms with Crippen LogP contribution in [-0.2, 0) is 6.42 Å². The lowest BCUT2D eigenvalue weighted by Crippen LogP contribution is -2.33. The van der Waals surface area contributed by atoms with Gasteiger partial charge in [0.1, 0.15) is 0 Å². The number of urea groups is 1. The minimum Gasteiger partial charge on any atom is -0.478 e. The van der Waals surface area contributed by atoms with E-state index < -0.39 is 5.97 Å². The molecule has 28 heavy (non-hydrogen) atoms. The number of aromatic carboxylic acids is 1. The molecular formula is C19H17ClN4O4. The van der Waals surface area contributed by atoms with Gasteiger partial charge < -0.3 is 19.8 Å². The van der Waals surface area contributed by atoms with Crippen LogP contribution in [0.1, 0.15) is 16.2 Å². The summed E-state index contributed by atoms with van der Waals surface area (Å²) in [7, 11) is 1.66. The molecule has 144 valence electrons. The van der Waals surface area contributed by atoms with E-state index in [-0.39, 0.29) is 11.6 Å². The summed E-state index contributed by atoms with van der Waals surface area (Å²) < 4.78 is 5.21. The maximum atomic E-state index is 12.2. The zero-order valence-electron chi connectivity index (χ0n) is 14.9. The predicted molar refractivity (Wildman–Crippen MR) is 103 cm³/mol. The molecule has 0 spiro atoms. The average molecular weight is 401 g/mol. The topological polar surface area (TPSA) is 109 Å². The third kappa shape index (κ3) is 4.86. The molecule has 0 saturated heterocycles. The fourth-order valence-electron chi connectivity index (χ4n) is 2.35. The van der Waals surface area contributed by atoms with Gasteiger partial charge >= 0.3 is 12.0 Å². The number of rotatable bonds is 6. The lowest BCUT2D eigenvalue weighted by Gasteiger charge is -2.17. The monoisotopic (exact) mass is 400 g/mol. The lowest BCUT2D eigenvalue weighted by atomic mass is 10.1. The van der Waals surface area contributed by atoms with Crippen LogP contribution in [0.3, 0.4) is 0 Å². The van der Waals surface area contributed by atoms with Crippen molar-refractivity contribution in [3.05, 3.63) is 64.9 Å². The van der Waals surface area contributed by atoms with Crippen molar-refractivity contribution in [2.45, 2.75) is 6.42 Å². The molecule has 0 saturated carbocycles. The summed E-state index contributed by atoms with van der Waals surface area (Å²) in [5, 5.41) is 16.2. The fraction of sp³-hybridized carbons (Fsp3) is 0.158. The van der Waals surface area contributed by atoms with Gasteiger partial charge in [-0.3, -0.25) is 0 Å². The van der Waals surface area contributed by atoms with Gasteiger partial charge in [-0.2, -0.15) is 4.98 Å². The molecule has 0 aliphatic carbocycles. The van der Waals surface area contributed by atoms with E-state index in [1.165, 1.54) is 17.0 Å². The van der Waals surface area contributed by atoms with Crippen molar-refractivity contribution in [1.29, 1.82) is 0 Å². The van der Waals surface area contributed by atoms with E-state index in [9.17, 15) is 9.59 Å². The van der Waals surface area contributed by atoms with Crippen LogP contribution in [0.15, 0.2) is 53.1 Å². The van der Waals surface area contributed by atoms with Gasteiger partial charge in [-0.15, -0.1) is 0 Å². The Morgan fingerprint density at radius 1 is 1.14 bits per heavy atom. The standard InChI is InChI=1S/C19H17ClN4O4/c1-24(19(27)21-15-8-6-14(20)7-9-15)11-10-16-22-17(28-23-16)12-2-4-13(5-3-12)18(25)26/h2-9H,10-11H2,1H3,(H,21,27)(H,25,26). The number of halogens is 1. The van der Waals surface area contributed by atoms with Gasteiger partial charge in [-0.25, -0.2) is 9.59 Å². The Hall–Kier alpha value is -3.39. The first kappa shape index (κ1) is 19.4. The second-order valence-electron chi connectivity index (χ2n) is 6.01. The summed E-state index contributed by atoms with van der Waals surface area (Å²) in [5.74, 6) is -0.263. The lowest BCUT2D eigenvalue weighted by molar-refractivity contribution is 0.0697. The van der Waals surface area contributed by atoms with Crippen LogP contribution in [0.5, 0.6) is 0 Å². The Bertz CT molecular complexity index is 970. The summed E-state index contributed by atoms with van der Waals surface area (Å²) in [5.41, 5.74) is 1.45. The van der Waals surface area contributed by atoms with Crippen molar-refractivity contribution in [3.63, 3.8) is 0 Å². The number of anilines is 1. The van der Waals surface area contributed by atoms with Gasteiger partial charge in [0.15, 0.2) is 5.82 Å². The number of amides is 2. The van der Waals surface area contributed by atoms with Gasteiger partial charge in [0, 0.05) is 36.3 Å². The van der Waals surface area contributed by atoms with E-state index in [1.807, 2.05) is 0 Å². The fourth-order valence-corrected chi connectivity index (χ4v) is 2.48. The molecule has 1 aromatic heterocycles. The van der Waals surface area contributed by atoms with Crippen molar-refractivity contribution in [2.75, 3.05) is 18.9 Å². The predicted octanol–water partition coefficient (Wildman–Crippen LogP) is 3.79. The van der Waals surface area contributed by atoms with E-state index in [4.69, 9.17) is 21.2 Å². The molecule has 2 N–H and O–H groups in total. The van der Waals surface area contributed by atoms with Gasteiger partial charge in [0.05, 0.1) is 5.56 Å². The van der Waals surface area contributed by atoms with Crippen LogP contribution >= 0.6 is 11.6 Å². The van der Waals surface area contributed by atoms with E-state index in [2.05, 4.69) is 15.5 Å². The quantitative estimate of drug-likeness (QED) is 0.651. The van der Waals surface area contributed by atoms with Crippen molar-refractivity contribution < 1.29 is 19.2 Å². The smallest absolute Gasteiger partial charge is 0.335 e.